The van der Waals surface area contributed by atoms with E-state index in [4.69, 9.17) is 0 Å². The van der Waals surface area contributed by atoms with E-state index < -0.39 is 6.04 Å². The highest BCUT2D eigenvalue weighted by Crippen LogP contribution is 2.25. The fraction of sp³-hybridized carbons (Fsp3) is 0.533. The molecule has 104 valence electrons. The van der Waals surface area contributed by atoms with Crippen molar-refractivity contribution in [3.05, 3.63) is 29.3 Å². The number of hydrogen-bond acceptors (Lipinski definition) is 3. The molecule has 1 unspecified atom stereocenters. The zero-order valence-corrected chi connectivity index (χ0v) is 11.9. The van der Waals surface area contributed by atoms with Gasteiger partial charge in [-0.2, -0.15) is 0 Å². The van der Waals surface area contributed by atoms with Crippen molar-refractivity contribution in [3.63, 3.8) is 0 Å². The van der Waals surface area contributed by atoms with Crippen LogP contribution >= 0.6 is 0 Å². The number of likely N-dealkylation sites (N-methyl/N-ethyl adjacent to an activating group) is 1. The standard InChI is InChI=1S/C15H22N2O2/c1-11-5-6-12(2)13(9-11)17-8-4-7-16(3)15(19)14(17)10-18/h5-6,9,14,18H,4,7-8,10H2,1-3H3. The molecule has 1 aromatic rings. The molecular weight excluding hydrogens is 240 g/mol. The molecule has 4 heteroatoms. The van der Waals surface area contributed by atoms with Crippen molar-refractivity contribution in [3.8, 4) is 0 Å². The largest absolute Gasteiger partial charge is 0.394 e. The van der Waals surface area contributed by atoms with E-state index in [1.54, 1.807) is 11.9 Å². The molecule has 1 aliphatic heterocycles. The zero-order valence-electron chi connectivity index (χ0n) is 11.9. The molecule has 1 N–H and O–H groups in total. The number of benzene rings is 1. The number of carbonyl (C=O) groups excluding carboxylic acids is 1. The summed E-state index contributed by atoms with van der Waals surface area (Å²) in [5.74, 6) is 0.000839. The summed E-state index contributed by atoms with van der Waals surface area (Å²) in [6.07, 6.45) is 0.923. The van der Waals surface area contributed by atoms with Crippen LogP contribution in [0.3, 0.4) is 0 Å². The molecule has 0 saturated carbocycles. The SMILES string of the molecule is Cc1ccc(C)c(N2CCCN(C)C(=O)C2CO)c1. The third kappa shape index (κ3) is 2.73. The topological polar surface area (TPSA) is 43.8 Å². The minimum absolute atomic E-state index is 0.000839. The highest BCUT2D eigenvalue weighted by molar-refractivity contribution is 5.86. The van der Waals surface area contributed by atoms with Crippen molar-refractivity contribution in [1.29, 1.82) is 0 Å². The van der Waals surface area contributed by atoms with Gasteiger partial charge in [-0.05, 0) is 37.5 Å². The number of aliphatic hydroxyl groups excluding tert-OH is 1. The molecule has 0 aliphatic carbocycles. The lowest BCUT2D eigenvalue weighted by Crippen LogP contribution is -2.47. The maximum atomic E-state index is 12.3. The van der Waals surface area contributed by atoms with Crippen LogP contribution in [0.4, 0.5) is 5.69 Å². The molecule has 1 aromatic carbocycles. The molecule has 1 heterocycles. The van der Waals surface area contributed by atoms with Gasteiger partial charge in [0.25, 0.3) is 0 Å². The second-order valence-electron chi connectivity index (χ2n) is 5.30. The Morgan fingerprint density at radius 1 is 1.32 bits per heavy atom. The molecule has 0 spiro atoms. The number of carbonyl (C=O) groups is 1. The van der Waals surface area contributed by atoms with Crippen LogP contribution < -0.4 is 4.90 Å². The highest BCUT2D eigenvalue weighted by Gasteiger charge is 2.31. The number of rotatable bonds is 2. The molecule has 1 fully saturated rings. The van der Waals surface area contributed by atoms with Crippen molar-refractivity contribution >= 4 is 11.6 Å². The quantitative estimate of drug-likeness (QED) is 0.874. The molecule has 19 heavy (non-hydrogen) atoms. The van der Waals surface area contributed by atoms with Crippen LogP contribution in [0.15, 0.2) is 18.2 Å². The number of aliphatic hydroxyl groups is 1. The summed E-state index contributed by atoms with van der Waals surface area (Å²) in [5, 5.41) is 9.61. The molecule has 2 rings (SSSR count). The van der Waals surface area contributed by atoms with Gasteiger partial charge in [0.1, 0.15) is 6.04 Å². The van der Waals surface area contributed by atoms with Gasteiger partial charge >= 0.3 is 0 Å². The van der Waals surface area contributed by atoms with E-state index >= 15 is 0 Å². The first-order chi connectivity index (χ1) is 9.04. The van der Waals surface area contributed by atoms with E-state index in [9.17, 15) is 9.90 Å². The third-order valence-electron chi connectivity index (χ3n) is 3.78. The van der Waals surface area contributed by atoms with Crippen molar-refractivity contribution in [2.24, 2.45) is 0 Å². The third-order valence-corrected chi connectivity index (χ3v) is 3.78. The van der Waals surface area contributed by atoms with Crippen LogP contribution in [-0.2, 0) is 4.79 Å². The molecule has 1 atom stereocenters. The Morgan fingerprint density at radius 3 is 2.74 bits per heavy atom. The van der Waals surface area contributed by atoms with Crippen LogP contribution in [0.25, 0.3) is 0 Å². The number of hydrogen-bond donors (Lipinski definition) is 1. The smallest absolute Gasteiger partial charge is 0.247 e. The summed E-state index contributed by atoms with van der Waals surface area (Å²) in [7, 11) is 1.80. The molecular formula is C15H22N2O2. The predicted molar refractivity (Wildman–Crippen MR) is 76.4 cm³/mol. The van der Waals surface area contributed by atoms with Gasteiger partial charge in [-0.3, -0.25) is 4.79 Å². The second-order valence-corrected chi connectivity index (χ2v) is 5.30. The Labute approximate surface area is 114 Å². The van der Waals surface area contributed by atoms with Gasteiger partial charge < -0.3 is 14.9 Å². The Bertz CT molecular complexity index is 473. The maximum Gasteiger partial charge on any atom is 0.247 e. The molecule has 0 bridgehead atoms. The van der Waals surface area contributed by atoms with E-state index in [1.165, 1.54) is 5.56 Å². The van der Waals surface area contributed by atoms with E-state index in [0.717, 1.165) is 30.8 Å². The van der Waals surface area contributed by atoms with Gasteiger partial charge in [0.2, 0.25) is 5.91 Å². The molecule has 0 aromatic heterocycles. The first kappa shape index (κ1) is 13.9. The molecule has 0 radical (unpaired) electrons. The Hall–Kier alpha value is -1.55. The summed E-state index contributed by atoms with van der Waals surface area (Å²) in [4.78, 5) is 16.0. The van der Waals surface area contributed by atoms with Crippen molar-refractivity contribution < 1.29 is 9.90 Å². The number of anilines is 1. The molecule has 1 aliphatic rings. The first-order valence-corrected chi connectivity index (χ1v) is 6.74. The Balaban J connectivity index is 2.40. The van der Waals surface area contributed by atoms with Crippen LogP contribution in [0.1, 0.15) is 17.5 Å². The maximum absolute atomic E-state index is 12.3. The lowest BCUT2D eigenvalue weighted by molar-refractivity contribution is -0.131. The van der Waals surface area contributed by atoms with Gasteiger partial charge in [0, 0.05) is 25.8 Å². The lowest BCUT2D eigenvalue weighted by Gasteiger charge is -2.31. The Morgan fingerprint density at radius 2 is 2.05 bits per heavy atom. The van der Waals surface area contributed by atoms with Crippen LogP contribution in [0, 0.1) is 13.8 Å². The number of amides is 1. The monoisotopic (exact) mass is 262 g/mol. The Kier molecular flexibility index (Phi) is 4.10. The van der Waals surface area contributed by atoms with Gasteiger partial charge in [-0.15, -0.1) is 0 Å². The van der Waals surface area contributed by atoms with E-state index in [2.05, 4.69) is 18.2 Å². The van der Waals surface area contributed by atoms with Gasteiger partial charge in [-0.25, -0.2) is 0 Å². The van der Waals surface area contributed by atoms with E-state index in [0.29, 0.717) is 0 Å². The fourth-order valence-electron chi connectivity index (χ4n) is 2.63. The van der Waals surface area contributed by atoms with Crippen molar-refractivity contribution in [2.45, 2.75) is 26.3 Å². The fourth-order valence-corrected chi connectivity index (χ4v) is 2.63. The summed E-state index contributed by atoms with van der Waals surface area (Å²) in [6.45, 7) is 5.49. The zero-order chi connectivity index (χ0) is 14.0. The first-order valence-electron chi connectivity index (χ1n) is 6.74. The normalized spacial score (nSPS) is 20.6. The van der Waals surface area contributed by atoms with Crippen LogP contribution in [0.2, 0.25) is 0 Å². The highest BCUT2D eigenvalue weighted by atomic mass is 16.3. The van der Waals surface area contributed by atoms with Crippen LogP contribution in [-0.4, -0.2) is 48.7 Å². The van der Waals surface area contributed by atoms with Gasteiger partial charge in [-0.1, -0.05) is 12.1 Å². The van der Waals surface area contributed by atoms with E-state index in [1.807, 2.05) is 18.7 Å². The van der Waals surface area contributed by atoms with Gasteiger partial charge in [0.05, 0.1) is 6.61 Å². The summed E-state index contributed by atoms with van der Waals surface area (Å²) < 4.78 is 0. The predicted octanol–water partition coefficient (Wildman–Crippen LogP) is 1.33. The van der Waals surface area contributed by atoms with Crippen LogP contribution in [0.5, 0.6) is 0 Å². The second kappa shape index (κ2) is 5.61. The van der Waals surface area contributed by atoms with E-state index in [-0.39, 0.29) is 12.5 Å². The van der Waals surface area contributed by atoms with Crippen molar-refractivity contribution in [2.75, 3.05) is 31.6 Å². The number of aryl methyl sites for hydroxylation is 2. The average Bonchev–Trinajstić information content (AvgIpc) is 2.53. The summed E-state index contributed by atoms with van der Waals surface area (Å²) >= 11 is 0. The molecule has 4 nitrogen and oxygen atoms in total. The summed E-state index contributed by atoms with van der Waals surface area (Å²) in [5.41, 5.74) is 3.37. The molecule has 1 amide bonds. The van der Waals surface area contributed by atoms with Crippen molar-refractivity contribution in [1.82, 2.24) is 4.90 Å². The van der Waals surface area contributed by atoms with Gasteiger partial charge in [0.15, 0.2) is 0 Å². The lowest BCUT2D eigenvalue weighted by atomic mass is 10.1. The molecule has 1 saturated heterocycles. The number of nitrogens with zero attached hydrogens (tertiary/aromatic N) is 2. The summed E-state index contributed by atoms with van der Waals surface area (Å²) in [6, 6.07) is 5.76. The average molecular weight is 262 g/mol. The minimum atomic E-state index is -0.465. The minimum Gasteiger partial charge on any atom is -0.394 e.